The van der Waals surface area contributed by atoms with Crippen molar-refractivity contribution in [3.8, 4) is 0 Å². The first-order valence-electron chi connectivity index (χ1n) is 4.16. The Hall–Kier alpha value is -0.120. The van der Waals surface area contributed by atoms with Crippen LogP contribution in [0, 0.1) is 0 Å². The second-order valence-corrected chi connectivity index (χ2v) is 3.29. The van der Waals surface area contributed by atoms with Gasteiger partial charge in [0.05, 0.1) is 25.4 Å². The molecule has 0 aliphatic carbocycles. The highest BCUT2D eigenvalue weighted by molar-refractivity contribution is 4.81. The van der Waals surface area contributed by atoms with E-state index >= 15 is 0 Å². The van der Waals surface area contributed by atoms with Gasteiger partial charge in [-0.15, -0.1) is 0 Å². The van der Waals surface area contributed by atoms with E-state index in [4.69, 9.17) is 14.2 Å². The fourth-order valence-electron chi connectivity index (χ4n) is 1.17. The molecule has 0 radical (unpaired) electrons. The van der Waals surface area contributed by atoms with Crippen molar-refractivity contribution in [1.29, 1.82) is 0 Å². The Balaban J connectivity index is 1.69. The molecule has 2 fully saturated rings. The molecule has 11 heavy (non-hydrogen) atoms. The van der Waals surface area contributed by atoms with Gasteiger partial charge in [0.15, 0.2) is 0 Å². The number of rotatable bonds is 4. The maximum absolute atomic E-state index is 5.65. The van der Waals surface area contributed by atoms with Crippen LogP contribution in [0.25, 0.3) is 0 Å². The predicted octanol–water partition coefficient (Wildman–Crippen LogP) is 0.578. The van der Waals surface area contributed by atoms with Crippen LogP contribution in [0.15, 0.2) is 0 Å². The quantitative estimate of drug-likeness (QED) is 0.561. The van der Waals surface area contributed by atoms with Crippen LogP contribution in [-0.2, 0) is 14.2 Å². The van der Waals surface area contributed by atoms with Crippen LogP contribution < -0.4 is 0 Å². The third-order valence-corrected chi connectivity index (χ3v) is 2.19. The number of ether oxygens (including phenoxy) is 3. The second-order valence-electron chi connectivity index (χ2n) is 3.29. The lowest BCUT2D eigenvalue weighted by Gasteiger charge is -2.15. The minimum Gasteiger partial charge on any atom is -0.370 e. The first kappa shape index (κ1) is 7.53. The molecule has 0 N–H and O–H groups in total. The van der Waals surface area contributed by atoms with Gasteiger partial charge in [-0.25, -0.2) is 0 Å². The van der Waals surface area contributed by atoms with E-state index in [2.05, 4.69) is 13.8 Å². The van der Waals surface area contributed by atoms with E-state index in [9.17, 15) is 0 Å². The van der Waals surface area contributed by atoms with Gasteiger partial charge in [0, 0.05) is 0 Å². The normalized spacial score (nSPS) is 39.8. The first-order valence-corrected chi connectivity index (χ1v) is 4.16. The molecule has 3 heteroatoms. The van der Waals surface area contributed by atoms with Gasteiger partial charge in [-0.2, -0.15) is 0 Å². The van der Waals surface area contributed by atoms with Crippen LogP contribution in [-0.4, -0.2) is 37.6 Å². The van der Waals surface area contributed by atoms with Gasteiger partial charge < -0.3 is 14.2 Å². The third-order valence-electron chi connectivity index (χ3n) is 2.19. The zero-order valence-corrected chi connectivity index (χ0v) is 6.95. The van der Waals surface area contributed by atoms with E-state index < -0.39 is 0 Å². The Bertz CT molecular complexity index is 124. The Labute approximate surface area is 66.6 Å². The highest BCUT2D eigenvalue weighted by Crippen LogP contribution is 2.22. The summed E-state index contributed by atoms with van der Waals surface area (Å²) in [4.78, 5) is 0. The first-order chi connectivity index (χ1) is 5.27. The van der Waals surface area contributed by atoms with E-state index in [1.807, 2.05) is 0 Å². The minimum atomic E-state index is 0.231. The summed E-state index contributed by atoms with van der Waals surface area (Å²) in [6, 6.07) is 0. The fraction of sp³-hybridized carbons (Fsp3) is 1.00. The Morgan fingerprint density at radius 2 is 1.45 bits per heavy atom. The lowest BCUT2D eigenvalue weighted by molar-refractivity contribution is -0.0186. The lowest BCUT2D eigenvalue weighted by atomic mass is 10.2. The summed E-state index contributed by atoms with van der Waals surface area (Å²) in [5.41, 5.74) is 0. The van der Waals surface area contributed by atoms with Gasteiger partial charge in [-0.3, -0.25) is 0 Å². The monoisotopic (exact) mass is 158 g/mol. The van der Waals surface area contributed by atoms with Crippen LogP contribution in [0.5, 0.6) is 0 Å². The highest BCUT2D eigenvalue weighted by Gasteiger charge is 2.36. The van der Waals surface area contributed by atoms with Crippen molar-refractivity contribution >= 4 is 0 Å². The maximum atomic E-state index is 5.65. The van der Waals surface area contributed by atoms with E-state index in [1.165, 1.54) is 0 Å². The molecule has 3 nitrogen and oxygen atoms in total. The molecule has 0 saturated carbocycles. The molecule has 2 saturated heterocycles. The Kier molecular flexibility index (Phi) is 1.87. The average Bonchev–Trinajstić information content (AvgIpc) is 2.84. The van der Waals surface area contributed by atoms with Crippen molar-refractivity contribution in [3.63, 3.8) is 0 Å². The SMILES string of the molecule is CC(OC(C)[C@@H]1CO1)[C@@H]1CO1. The van der Waals surface area contributed by atoms with E-state index in [-0.39, 0.29) is 12.2 Å². The summed E-state index contributed by atoms with van der Waals surface area (Å²) in [5, 5.41) is 0. The molecular formula is C8H14O3. The van der Waals surface area contributed by atoms with Crippen LogP contribution in [0.2, 0.25) is 0 Å². The van der Waals surface area contributed by atoms with Gasteiger partial charge in [0.1, 0.15) is 12.2 Å². The summed E-state index contributed by atoms with van der Waals surface area (Å²) in [7, 11) is 0. The van der Waals surface area contributed by atoms with Gasteiger partial charge in [-0.05, 0) is 13.8 Å². The van der Waals surface area contributed by atoms with Crippen LogP contribution in [0.3, 0.4) is 0 Å². The number of hydrogen-bond donors (Lipinski definition) is 0. The summed E-state index contributed by atoms with van der Waals surface area (Å²) >= 11 is 0. The lowest BCUT2D eigenvalue weighted by Crippen LogP contribution is -2.25. The van der Waals surface area contributed by atoms with E-state index in [0.717, 1.165) is 13.2 Å². The van der Waals surface area contributed by atoms with Crippen molar-refractivity contribution < 1.29 is 14.2 Å². The van der Waals surface area contributed by atoms with Crippen molar-refractivity contribution in [2.24, 2.45) is 0 Å². The summed E-state index contributed by atoms with van der Waals surface area (Å²) < 4.78 is 15.9. The molecule has 2 heterocycles. The predicted molar refractivity (Wildman–Crippen MR) is 39.5 cm³/mol. The summed E-state index contributed by atoms with van der Waals surface area (Å²) in [6.07, 6.45) is 1.15. The average molecular weight is 158 g/mol. The molecule has 0 bridgehead atoms. The molecular weight excluding hydrogens is 144 g/mol. The van der Waals surface area contributed by atoms with Crippen molar-refractivity contribution in [2.75, 3.05) is 13.2 Å². The van der Waals surface area contributed by atoms with Crippen molar-refractivity contribution in [3.05, 3.63) is 0 Å². The molecule has 0 aromatic heterocycles. The standard InChI is InChI=1S/C8H14O3/c1-5(7-3-9-7)11-6(2)8-4-10-8/h5-8H,3-4H2,1-2H3/t5?,6?,7-,8-/m0/s1. The molecule has 2 aliphatic rings. The molecule has 4 atom stereocenters. The summed E-state index contributed by atoms with van der Waals surface area (Å²) in [5.74, 6) is 0. The number of hydrogen-bond acceptors (Lipinski definition) is 3. The molecule has 2 rings (SSSR count). The topological polar surface area (TPSA) is 34.3 Å². The zero-order valence-electron chi connectivity index (χ0n) is 6.95. The zero-order chi connectivity index (χ0) is 7.84. The van der Waals surface area contributed by atoms with E-state index in [0.29, 0.717) is 12.2 Å². The third kappa shape index (κ3) is 1.92. The molecule has 0 aromatic rings. The number of epoxide rings is 2. The molecule has 0 aromatic carbocycles. The minimum absolute atomic E-state index is 0.231. The van der Waals surface area contributed by atoms with Gasteiger partial charge >= 0.3 is 0 Å². The molecule has 2 aliphatic heterocycles. The Morgan fingerprint density at radius 3 is 1.73 bits per heavy atom. The van der Waals surface area contributed by atoms with Gasteiger partial charge in [0.25, 0.3) is 0 Å². The molecule has 0 amide bonds. The summed E-state index contributed by atoms with van der Waals surface area (Å²) in [6.45, 7) is 5.83. The van der Waals surface area contributed by atoms with Gasteiger partial charge in [0.2, 0.25) is 0 Å². The Morgan fingerprint density at radius 1 is 1.09 bits per heavy atom. The fourth-order valence-corrected chi connectivity index (χ4v) is 1.17. The van der Waals surface area contributed by atoms with Crippen molar-refractivity contribution in [1.82, 2.24) is 0 Å². The van der Waals surface area contributed by atoms with Crippen LogP contribution in [0.4, 0.5) is 0 Å². The van der Waals surface area contributed by atoms with Crippen LogP contribution in [0.1, 0.15) is 13.8 Å². The molecule has 2 unspecified atom stereocenters. The largest absolute Gasteiger partial charge is 0.370 e. The highest BCUT2D eigenvalue weighted by atomic mass is 16.6. The molecule has 0 spiro atoms. The van der Waals surface area contributed by atoms with Crippen molar-refractivity contribution in [2.45, 2.75) is 38.3 Å². The maximum Gasteiger partial charge on any atom is 0.107 e. The second kappa shape index (κ2) is 2.73. The smallest absolute Gasteiger partial charge is 0.107 e. The van der Waals surface area contributed by atoms with Crippen LogP contribution >= 0.6 is 0 Å². The van der Waals surface area contributed by atoms with E-state index in [1.54, 1.807) is 0 Å². The van der Waals surface area contributed by atoms with Gasteiger partial charge in [-0.1, -0.05) is 0 Å². The molecule has 64 valence electrons.